The van der Waals surface area contributed by atoms with Gasteiger partial charge in [0.15, 0.2) is 9.84 Å². The van der Waals surface area contributed by atoms with E-state index in [1.54, 1.807) is 10.6 Å². The van der Waals surface area contributed by atoms with E-state index in [1.807, 2.05) is 13.8 Å². The second-order valence-electron chi connectivity index (χ2n) is 13.7. The van der Waals surface area contributed by atoms with Gasteiger partial charge in [-0.25, -0.2) is 17.6 Å². The summed E-state index contributed by atoms with van der Waals surface area (Å²) in [5.41, 5.74) is 7.48. The van der Waals surface area contributed by atoms with E-state index in [2.05, 4.69) is 15.5 Å². The van der Waals surface area contributed by atoms with E-state index in [4.69, 9.17) is 15.2 Å². The van der Waals surface area contributed by atoms with Crippen molar-refractivity contribution in [1.82, 2.24) is 14.8 Å². The summed E-state index contributed by atoms with van der Waals surface area (Å²) in [6, 6.07) is 2.81. The van der Waals surface area contributed by atoms with Crippen LogP contribution in [0.3, 0.4) is 0 Å². The van der Waals surface area contributed by atoms with Gasteiger partial charge in [0.1, 0.15) is 11.9 Å². The minimum atomic E-state index is -3.58. The number of fused-ring (bicyclic) bond motifs is 3. The lowest BCUT2D eigenvalue weighted by Crippen LogP contribution is -2.39. The number of halogens is 1. The molecule has 0 atom stereocenters. The molecule has 246 valence electrons. The van der Waals surface area contributed by atoms with Crippen molar-refractivity contribution in [2.45, 2.75) is 95.5 Å². The SMILES string of the molecule is CC1(C)Cc2c(c3c(n2-c2cc(F)c(C(N)=O)c(N[C@H]4CC[C@H](OC(=O)NCCN5CCCCC5)CC4)c2)COC3)S(=O)(=O)C1. The highest BCUT2D eigenvalue weighted by molar-refractivity contribution is 7.91. The van der Waals surface area contributed by atoms with Gasteiger partial charge in [0.05, 0.1) is 46.5 Å². The fourth-order valence-electron chi connectivity index (χ4n) is 7.51. The van der Waals surface area contributed by atoms with Crippen LogP contribution >= 0.6 is 0 Å². The second kappa shape index (κ2) is 12.6. The number of benzene rings is 1. The van der Waals surface area contributed by atoms with E-state index < -0.39 is 33.1 Å². The molecule has 4 heterocycles. The number of amides is 2. The number of carbonyl (C=O) groups excluding carboxylic acids is 2. The molecular formula is C32H44FN5O6S. The molecule has 2 aromatic rings. The highest BCUT2D eigenvalue weighted by atomic mass is 32.2. The summed E-state index contributed by atoms with van der Waals surface area (Å²) in [4.78, 5) is 27.4. The molecule has 0 spiro atoms. The van der Waals surface area contributed by atoms with Crippen LogP contribution in [0.2, 0.25) is 0 Å². The molecule has 2 fully saturated rings. The molecule has 1 saturated carbocycles. The number of sulfone groups is 1. The van der Waals surface area contributed by atoms with Gasteiger partial charge in [-0.15, -0.1) is 0 Å². The summed E-state index contributed by atoms with van der Waals surface area (Å²) < 4.78 is 55.5. The van der Waals surface area contributed by atoms with Gasteiger partial charge in [-0.05, 0) is 75.6 Å². The van der Waals surface area contributed by atoms with Gasteiger partial charge < -0.3 is 35.3 Å². The third-order valence-corrected chi connectivity index (χ3v) is 11.7. The summed E-state index contributed by atoms with van der Waals surface area (Å²) in [5.74, 6) is -1.65. The number of ether oxygens (including phenoxy) is 2. The van der Waals surface area contributed by atoms with Crippen molar-refractivity contribution in [3.05, 3.63) is 40.5 Å². The molecule has 13 heteroatoms. The lowest BCUT2D eigenvalue weighted by atomic mass is 9.89. The van der Waals surface area contributed by atoms with E-state index in [9.17, 15) is 18.0 Å². The zero-order valence-corrected chi connectivity index (χ0v) is 26.9. The molecule has 45 heavy (non-hydrogen) atoms. The number of likely N-dealkylation sites (tertiary alicyclic amines) is 1. The summed E-state index contributed by atoms with van der Waals surface area (Å²) in [7, 11) is -3.58. The molecule has 1 saturated heterocycles. The number of anilines is 1. The highest BCUT2D eigenvalue weighted by Gasteiger charge is 2.43. The van der Waals surface area contributed by atoms with Gasteiger partial charge in [-0.1, -0.05) is 20.3 Å². The monoisotopic (exact) mass is 645 g/mol. The Morgan fingerprint density at radius 2 is 1.82 bits per heavy atom. The summed E-state index contributed by atoms with van der Waals surface area (Å²) in [6.07, 6.45) is 6.05. The van der Waals surface area contributed by atoms with Gasteiger partial charge in [0.2, 0.25) is 0 Å². The van der Waals surface area contributed by atoms with E-state index in [1.165, 1.54) is 25.3 Å². The number of piperidine rings is 1. The van der Waals surface area contributed by atoms with Gasteiger partial charge in [-0.3, -0.25) is 4.79 Å². The van der Waals surface area contributed by atoms with E-state index >= 15 is 4.39 Å². The Morgan fingerprint density at radius 1 is 1.09 bits per heavy atom. The molecule has 1 aromatic carbocycles. The van der Waals surface area contributed by atoms with Gasteiger partial charge in [0.25, 0.3) is 5.91 Å². The number of hydrogen-bond donors (Lipinski definition) is 3. The number of hydrogen-bond acceptors (Lipinski definition) is 8. The standard InChI is InChI=1S/C32H44FN5O6S/c1-32(2)16-26-29(45(41,42)19-32)23-17-43-18-27(23)38(26)21-14-24(33)28(30(34)39)25(15-21)36-20-6-8-22(9-7-20)44-31(40)35-10-13-37-11-4-3-5-12-37/h14-15,20,22,36H,3-13,16-19H2,1-2H3,(H2,34,39)(H,35,40)/t20-,22-. The van der Waals surface area contributed by atoms with E-state index in [-0.39, 0.29) is 47.3 Å². The lowest BCUT2D eigenvalue weighted by Gasteiger charge is -2.31. The maximum Gasteiger partial charge on any atom is 0.407 e. The molecule has 0 unspecified atom stereocenters. The van der Waals surface area contributed by atoms with Crippen LogP contribution in [-0.2, 0) is 38.9 Å². The molecule has 0 radical (unpaired) electrons. The second-order valence-corrected chi connectivity index (χ2v) is 15.6. The average Bonchev–Trinajstić information content (AvgIpc) is 3.53. The van der Waals surface area contributed by atoms with Crippen LogP contribution in [0.25, 0.3) is 5.69 Å². The van der Waals surface area contributed by atoms with Crippen LogP contribution in [0.5, 0.6) is 0 Å². The largest absolute Gasteiger partial charge is 0.446 e. The maximum atomic E-state index is 15.7. The molecular weight excluding hydrogens is 601 g/mol. The minimum Gasteiger partial charge on any atom is -0.446 e. The third-order valence-electron chi connectivity index (χ3n) is 9.48. The van der Waals surface area contributed by atoms with Crippen LogP contribution in [-0.4, -0.2) is 74.0 Å². The zero-order valence-electron chi connectivity index (χ0n) is 26.1. The Bertz CT molecular complexity index is 1570. The van der Waals surface area contributed by atoms with Crippen molar-refractivity contribution in [2.24, 2.45) is 11.1 Å². The minimum absolute atomic E-state index is 0.0257. The summed E-state index contributed by atoms with van der Waals surface area (Å²) in [5, 5.41) is 6.20. The molecule has 2 amide bonds. The molecule has 11 nitrogen and oxygen atoms in total. The van der Waals surface area contributed by atoms with Gasteiger partial charge >= 0.3 is 6.09 Å². The third kappa shape index (κ3) is 6.71. The number of nitrogens with two attached hydrogens (primary N) is 1. The number of alkyl carbamates (subject to hydrolysis) is 1. The number of primary amides is 1. The fraction of sp³-hybridized carbons (Fsp3) is 0.625. The normalized spacial score (nSPS) is 24.0. The fourth-order valence-corrected chi connectivity index (χ4v) is 9.86. The first-order valence-corrected chi connectivity index (χ1v) is 17.7. The molecule has 0 bridgehead atoms. The lowest BCUT2D eigenvalue weighted by molar-refractivity contribution is 0.0723. The molecule has 6 rings (SSSR count). The topological polar surface area (TPSA) is 145 Å². The Morgan fingerprint density at radius 3 is 2.53 bits per heavy atom. The Balaban J connectivity index is 1.17. The van der Waals surface area contributed by atoms with Crippen molar-refractivity contribution in [3.63, 3.8) is 0 Å². The van der Waals surface area contributed by atoms with Gasteiger partial charge in [-0.2, -0.15) is 0 Å². The first-order chi connectivity index (χ1) is 21.4. The van der Waals surface area contributed by atoms with Crippen molar-refractivity contribution in [1.29, 1.82) is 0 Å². The summed E-state index contributed by atoms with van der Waals surface area (Å²) in [6.45, 7) is 7.72. The first kappa shape index (κ1) is 31.8. The first-order valence-electron chi connectivity index (χ1n) is 16.0. The Kier molecular flexibility index (Phi) is 8.88. The van der Waals surface area contributed by atoms with Crippen molar-refractivity contribution in [2.75, 3.05) is 37.2 Å². The van der Waals surface area contributed by atoms with Crippen LogP contribution in [0, 0.1) is 11.2 Å². The smallest absolute Gasteiger partial charge is 0.407 e. The zero-order chi connectivity index (χ0) is 31.9. The molecule has 3 aliphatic heterocycles. The predicted molar refractivity (Wildman–Crippen MR) is 167 cm³/mol. The van der Waals surface area contributed by atoms with Crippen LogP contribution in [0.15, 0.2) is 17.0 Å². The van der Waals surface area contributed by atoms with Crippen molar-refractivity contribution in [3.8, 4) is 5.69 Å². The van der Waals surface area contributed by atoms with Crippen molar-refractivity contribution >= 4 is 27.5 Å². The van der Waals surface area contributed by atoms with E-state index in [0.29, 0.717) is 61.3 Å². The number of nitrogens with one attached hydrogen (secondary N) is 2. The summed E-state index contributed by atoms with van der Waals surface area (Å²) >= 11 is 0. The maximum absolute atomic E-state index is 15.7. The van der Waals surface area contributed by atoms with Crippen molar-refractivity contribution < 1.29 is 31.9 Å². The quantitative estimate of drug-likeness (QED) is 0.390. The van der Waals surface area contributed by atoms with E-state index in [0.717, 1.165) is 19.6 Å². The molecule has 1 aliphatic carbocycles. The number of carbonyl (C=O) groups is 2. The Hall–Kier alpha value is -3.16. The van der Waals surface area contributed by atoms with Crippen LogP contribution < -0.4 is 16.4 Å². The molecule has 1 aromatic heterocycles. The Labute approximate surface area is 263 Å². The molecule has 4 N–H and O–H groups in total. The number of aromatic nitrogens is 1. The van der Waals surface area contributed by atoms with Crippen LogP contribution in [0.1, 0.15) is 86.1 Å². The van der Waals surface area contributed by atoms with Gasteiger partial charge in [0, 0.05) is 30.4 Å². The highest BCUT2D eigenvalue weighted by Crippen LogP contribution is 2.44. The number of rotatable bonds is 8. The van der Waals surface area contributed by atoms with Crippen LogP contribution in [0.4, 0.5) is 14.9 Å². The predicted octanol–water partition coefficient (Wildman–Crippen LogP) is 4.04. The molecule has 4 aliphatic rings. The average molecular weight is 646 g/mol. The number of nitrogens with zero attached hydrogens (tertiary/aromatic N) is 2.